The Balaban J connectivity index is 1.81. The molecule has 23 heavy (non-hydrogen) atoms. The number of H-pyrrole nitrogens is 1. The van der Waals surface area contributed by atoms with Crippen molar-refractivity contribution in [2.24, 2.45) is 0 Å². The first-order valence-electron chi connectivity index (χ1n) is 8.45. The summed E-state index contributed by atoms with van der Waals surface area (Å²) in [6.07, 6.45) is 6.51. The molecule has 0 spiro atoms. The molecule has 0 amide bonds. The first-order valence-corrected chi connectivity index (χ1v) is 8.45. The molecule has 2 nitrogen and oxygen atoms in total. The molecule has 0 aliphatic rings. The Morgan fingerprint density at radius 2 is 1.70 bits per heavy atom. The molecular formula is C21H24N2. The minimum absolute atomic E-state index is 0.867. The molecule has 0 aliphatic heterocycles. The monoisotopic (exact) mass is 304 g/mol. The Hall–Kier alpha value is -2.35. The molecule has 0 atom stereocenters. The zero-order chi connectivity index (χ0) is 16.1. The second-order valence-corrected chi connectivity index (χ2v) is 6.10. The fraction of sp³-hybridized carbons (Fsp3) is 0.286. The van der Waals surface area contributed by atoms with E-state index in [0.717, 1.165) is 24.4 Å². The van der Waals surface area contributed by atoms with Crippen molar-refractivity contribution in [2.75, 3.05) is 0 Å². The third-order valence-electron chi connectivity index (χ3n) is 4.33. The van der Waals surface area contributed by atoms with E-state index in [1.54, 1.807) is 0 Å². The van der Waals surface area contributed by atoms with E-state index in [2.05, 4.69) is 67.4 Å². The fourth-order valence-electron chi connectivity index (χ4n) is 2.97. The van der Waals surface area contributed by atoms with Crippen LogP contribution in [0.15, 0.2) is 54.7 Å². The van der Waals surface area contributed by atoms with Gasteiger partial charge in [-0.15, -0.1) is 0 Å². The molecule has 0 saturated carbocycles. The van der Waals surface area contributed by atoms with E-state index in [-0.39, 0.29) is 0 Å². The molecule has 2 heteroatoms. The van der Waals surface area contributed by atoms with Crippen molar-refractivity contribution >= 4 is 0 Å². The van der Waals surface area contributed by atoms with E-state index in [1.807, 2.05) is 6.20 Å². The second kappa shape index (κ2) is 7.28. The van der Waals surface area contributed by atoms with Gasteiger partial charge in [-0.05, 0) is 36.5 Å². The zero-order valence-electron chi connectivity index (χ0n) is 14.0. The molecule has 3 aromatic rings. The van der Waals surface area contributed by atoms with Crippen LogP contribution in [0, 0.1) is 6.92 Å². The van der Waals surface area contributed by atoms with E-state index in [4.69, 9.17) is 4.98 Å². The molecule has 0 fully saturated rings. The largest absolute Gasteiger partial charge is 0.348 e. The van der Waals surface area contributed by atoms with Crippen LogP contribution in [0.1, 0.15) is 42.3 Å². The highest BCUT2D eigenvalue weighted by atomic mass is 14.9. The number of hydrogen-bond donors (Lipinski definition) is 1. The Bertz CT molecular complexity index is 771. The van der Waals surface area contributed by atoms with Gasteiger partial charge in [0.1, 0.15) is 5.82 Å². The number of rotatable bonds is 6. The quantitative estimate of drug-likeness (QED) is 0.656. The van der Waals surface area contributed by atoms with Crippen molar-refractivity contribution in [3.63, 3.8) is 0 Å². The molecule has 1 N–H and O–H groups in total. The molecule has 1 heterocycles. The lowest BCUT2D eigenvalue weighted by Crippen LogP contribution is -1.97. The van der Waals surface area contributed by atoms with Crippen LogP contribution in [0.2, 0.25) is 0 Å². The van der Waals surface area contributed by atoms with Crippen LogP contribution in [0.4, 0.5) is 0 Å². The highest BCUT2D eigenvalue weighted by molar-refractivity contribution is 5.62. The average molecular weight is 304 g/mol. The number of aryl methyl sites for hydroxylation is 2. The van der Waals surface area contributed by atoms with Gasteiger partial charge in [0.25, 0.3) is 0 Å². The smallest absolute Gasteiger partial charge is 0.111 e. The van der Waals surface area contributed by atoms with Crippen molar-refractivity contribution in [3.05, 3.63) is 77.2 Å². The fourth-order valence-corrected chi connectivity index (χ4v) is 2.97. The molecule has 1 aromatic heterocycles. The van der Waals surface area contributed by atoms with Gasteiger partial charge in [0.05, 0.1) is 5.69 Å². The minimum Gasteiger partial charge on any atom is -0.348 e. The van der Waals surface area contributed by atoms with E-state index in [1.165, 1.54) is 35.1 Å². The maximum Gasteiger partial charge on any atom is 0.111 e. The van der Waals surface area contributed by atoms with Gasteiger partial charge in [-0.25, -0.2) is 4.98 Å². The van der Waals surface area contributed by atoms with Crippen LogP contribution >= 0.6 is 0 Å². The predicted molar refractivity (Wildman–Crippen MR) is 96.6 cm³/mol. The normalized spacial score (nSPS) is 10.9. The average Bonchev–Trinajstić information content (AvgIpc) is 3.03. The Morgan fingerprint density at radius 1 is 0.957 bits per heavy atom. The lowest BCUT2D eigenvalue weighted by molar-refractivity contribution is 0.787. The standard InChI is InChI=1S/C21H24N2/c1-3-4-10-17-11-6-7-12-18(17)14-21-22-15-20(23-21)19-13-8-5-9-16(19)2/h5-9,11-13,15H,3-4,10,14H2,1-2H3,(H,22,23). The molecule has 0 aliphatic carbocycles. The maximum absolute atomic E-state index is 4.80. The summed E-state index contributed by atoms with van der Waals surface area (Å²) in [4.78, 5) is 8.15. The highest BCUT2D eigenvalue weighted by Crippen LogP contribution is 2.22. The Labute approximate surface area is 138 Å². The molecule has 3 rings (SSSR count). The van der Waals surface area contributed by atoms with E-state index in [0.29, 0.717) is 0 Å². The van der Waals surface area contributed by atoms with Crippen molar-refractivity contribution in [1.82, 2.24) is 9.97 Å². The molecule has 0 unspecified atom stereocenters. The van der Waals surface area contributed by atoms with E-state index >= 15 is 0 Å². The summed E-state index contributed by atoms with van der Waals surface area (Å²) in [6, 6.07) is 17.1. The van der Waals surface area contributed by atoms with Gasteiger partial charge in [-0.1, -0.05) is 61.9 Å². The highest BCUT2D eigenvalue weighted by Gasteiger charge is 2.08. The summed E-state index contributed by atoms with van der Waals surface area (Å²) in [6.45, 7) is 4.37. The molecule has 2 aromatic carbocycles. The van der Waals surface area contributed by atoms with Gasteiger partial charge < -0.3 is 4.98 Å². The van der Waals surface area contributed by atoms with E-state index in [9.17, 15) is 0 Å². The van der Waals surface area contributed by atoms with Crippen molar-refractivity contribution in [3.8, 4) is 11.3 Å². The van der Waals surface area contributed by atoms with Gasteiger partial charge in [0.15, 0.2) is 0 Å². The van der Waals surface area contributed by atoms with Crippen molar-refractivity contribution in [2.45, 2.75) is 39.5 Å². The first-order chi connectivity index (χ1) is 11.3. The first kappa shape index (κ1) is 15.5. The number of benzene rings is 2. The predicted octanol–water partition coefficient (Wildman–Crippen LogP) is 5.32. The van der Waals surface area contributed by atoms with Crippen LogP contribution in [-0.4, -0.2) is 9.97 Å². The third kappa shape index (κ3) is 3.70. The van der Waals surface area contributed by atoms with Crippen molar-refractivity contribution < 1.29 is 0 Å². The van der Waals surface area contributed by atoms with Crippen LogP contribution in [0.5, 0.6) is 0 Å². The number of aromatic amines is 1. The molecule has 0 saturated heterocycles. The SMILES string of the molecule is CCCCc1ccccc1Cc1nc(-c2ccccc2C)c[nH]1. The summed E-state index contributed by atoms with van der Waals surface area (Å²) in [7, 11) is 0. The van der Waals surface area contributed by atoms with Gasteiger partial charge in [0, 0.05) is 18.2 Å². The number of nitrogens with zero attached hydrogens (tertiary/aromatic N) is 1. The Kier molecular flexibility index (Phi) is 4.92. The third-order valence-corrected chi connectivity index (χ3v) is 4.33. The van der Waals surface area contributed by atoms with Gasteiger partial charge in [0.2, 0.25) is 0 Å². The maximum atomic E-state index is 4.80. The van der Waals surface area contributed by atoms with Crippen LogP contribution < -0.4 is 0 Å². The van der Waals surface area contributed by atoms with Crippen LogP contribution in [-0.2, 0) is 12.8 Å². The number of hydrogen-bond acceptors (Lipinski definition) is 1. The zero-order valence-corrected chi connectivity index (χ0v) is 14.0. The van der Waals surface area contributed by atoms with Gasteiger partial charge in [-0.3, -0.25) is 0 Å². The molecular weight excluding hydrogens is 280 g/mol. The van der Waals surface area contributed by atoms with Gasteiger partial charge >= 0.3 is 0 Å². The number of nitrogens with one attached hydrogen (secondary N) is 1. The summed E-state index contributed by atoms with van der Waals surface area (Å²) >= 11 is 0. The lowest BCUT2D eigenvalue weighted by atomic mass is 9.99. The van der Waals surface area contributed by atoms with Crippen molar-refractivity contribution in [1.29, 1.82) is 0 Å². The molecule has 0 bridgehead atoms. The van der Waals surface area contributed by atoms with Crippen LogP contribution in [0.25, 0.3) is 11.3 Å². The van der Waals surface area contributed by atoms with Crippen LogP contribution in [0.3, 0.4) is 0 Å². The molecule has 118 valence electrons. The summed E-state index contributed by atoms with van der Waals surface area (Å²) in [5, 5.41) is 0. The Morgan fingerprint density at radius 3 is 2.48 bits per heavy atom. The number of imidazole rings is 1. The van der Waals surface area contributed by atoms with E-state index < -0.39 is 0 Å². The second-order valence-electron chi connectivity index (χ2n) is 6.10. The van der Waals surface area contributed by atoms with Gasteiger partial charge in [-0.2, -0.15) is 0 Å². The summed E-state index contributed by atoms with van der Waals surface area (Å²) < 4.78 is 0. The minimum atomic E-state index is 0.867. The summed E-state index contributed by atoms with van der Waals surface area (Å²) in [5.74, 6) is 1.03. The number of aromatic nitrogens is 2. The topological polar surface area (TPSA) is 28.7 Å². The molecule has 0 radical (unpaired) electrons. The lowest BCUT2D eigenvalue weighted by Gasteiger charge is -2.07. The number of unbranched alkanes of at least 4 members (excludes halogenated alkanes) is 1. The summed E-state index contributed by atoms with van der Waals surface area (Å²) in [5.41, 5.74) is 6.32.